The van der Waals surface area contributed by atoms with Crippen molar-refractivity contribution in [1.82, 2.24) is 0 Å². The molecule has 0 aromatic heterocycles. The molecule has 0 saturated carbocycles. The molecule has 0 unspecified atom stereocenters. The number of hydrogen-bond donors (Lipinski definition) is 1. The van der Waals surface area contributed by atoms with Crippen molar-refractivity contribution in [2.24, 2.45) is 0 Å². The lowest BCUT2D eigenvalue weighted by Crippen LogP contribution is -2.41. The summed E-state index contributed by atoms with van der Waals surface area (Å²) in [5, 5.41) is 11.0. The average Bonchev–Trinajstić information content (AvgIpc) is 2.81. The molecule has 0 aliphatic carbocycles. The molecule has 1 N–H and O–H groups in total. The average molecular weight is 400 g/mol. The van der Waals surface area contributed by atoms with Crippen molar-refractivity contribution in [2.45, 2.75) is 18.9 Å². The SMILES string of the molecule is CCN1C(=O)[C@@](O)(CC(=O)/C=C/c2ccccc2)c2cc(Br)ccc21. The molecule has 0 bridgehead atoms. The first-order valence-electron chi connectivity index (χ1n) is 8.06. The first-order chi connectivity index (χ1) is 12.0. The molecule has 1 atom stereocenters. The van der Waals surface area contributed by atoms with Crippen molar-refractivity contribution in [3.63, 3.8) is 0 Å². The topological polar surface area (TPSA) is 57.6 Å². The van der Waals surface area contributed by atoms with Crippen LogP contribution >= 0.6 is 15.9 Å². The van der Waals surface area contributed by atoms with Gasteiger partial charge in [0, 0.05) is 16.6 Å². The van der Waals surface area contributed by atoms with Crippen LogP contribution in [0.2, 0.25) is 0 Å². The van der Waals surface area contributed by atoms with Gasteiger partial charge in [0.1, 0.15) is 0 Å². The van der Waals surface area contributed by atoms with Crippen molar-refractivity contribution < 1.29 is 14.7 Å². The third-order valence-corrected chi connectivity index (χ3v) is 4.79. The number of likely N-dealkylation sites (N-methyl/N-ethyl adjacent to an activating group) is 1. The molecule has 1 aliphatic rings. The van der Waals surface area contributed by atoms with E-state index in [0.717, 1.165) is 10.0 Å². The van der Waals surface area contributed by atoms with Gasteiger partial charge in [-0.05, 0) is 36.8 Å². The van der Waals surface area contributed by atoms with Gasteiger partial charge in [0.05, 0.1) is 12.1 Å². The van der Waals surface area contributed by atoms with E-state index in [1.807, 2.05) is 43.3 Å². The highest BCUT2D eigenvalue weighted by atomic mass is 79.9. The minimum absolute atomic E-state index is 0.283. The highest BCUT2D eigenvalue weighted by Gasteiger charge is 2.50. The first-order valence-corrected chi connectivity index (χ1v) is 8.85. The quantitative estimate of drug-likeness (QED) is 0.780. The van der Waals surface area contributed by atoms with Gasteiger partial charge in [0.15, 0.2) is 11.4 Å². The van der Waals surface area contributed by atoms with Crippen molar-refractivity contribution in [2.75, 3.05) is 11.4 Å². The number of hydrogen-bond acceptors (Lipinski definition) is 3. The number of fused-ring (bicyclic) bond motifs is 1. The number of ketones is 1. The maximum absolute atomic E-state index is 12.7. The smallest absolute Gasteiger partial charge is 0.264 e. The molecule has 1 aliphatic heterocycles. The van der Waals surface area contributed by atoms with E-state index < -0.39 is 11.5 Å². The first kappa shape index (κ1) is 17.6. The highest BCUT2D eigenvalue weighted by Crippen LogP contribution is 2.43. The van der Waals surface area contributed by atoms with Gasteiger partial charge in [-0.25, -0.2) is 0 Å². The Bertz CT molecular complexity index is 847. The van der Waals surface area contributed by atoms with E-state index >= 15 is 0 Å². The molecule has 1 amide bonds. The molecule has 25 heavy (non-hydrogen) atoms. The van der Waals surface area contributed by atoms with Crippen molar-refractivity contribution >= 4 is 39.4 Å². The second-order valence-corrected chi connectivity index (χ2v) is 6.87. The molecule has 2 aromatic rings. The number of carbonyl (C=O) groups is 2. The van der Waals surface area contributed by atoms with Crippen LogP contribution in [0.4, 0.5) is 5.69 Å². The minimum atomic E-state index is -1.83. The molecular weight excluding hydrogens is 382 g/mol. The summed E-state index contributed by atoms with van der Waals surface area (Å²) in [6.07, 6.45) is 2.81. The molecule has 0 spiro atoms. The predicted molar refractivity (Wildman–Crippen MR) is 101 cm³/mol. The van der Waals surface area contributed by atoms with Crippen molar-refractivity contribution in [1.29, 1.82) is 0 Å². The monoisotopic (exact) mass is 399 g/mol. The number of carbonyl (C=O) groups excluding carboxylic acids is 2. The van der Waals surface area contributed by atoms with E-state index in [1.165, 1.54) is 11.0 Å². The number of amides is 1. The van der Waals surface area contributed by atoms with E-state index in [9.17, 15) is 14.7 Å². The van der Waals surface area contributed by atoms with Crippen molar-refractivity contribution in [3.05, 3.63) is 70.2 Å². The fraction of sp³-hybridized carbons (Fsp3) is 0.200. The van der Waals surface area contributed by atoms with Gasteiger partial charge in [0.25, 0.3) is 5.91 Å². The molecule has 4 nitrogen and oxygen atoms in total. The summed E-state index contributed by atoms with van der Waals surface area (Å²) < 4.78 is 0.753. The van der Waals surface area contributed by atoms with Crippen LogP contribution in [-0.2, 0) is 15.2 Å². The van der Waals surface area contributed by atoms with Gasteiger partial charge in [-0.1, -0.05) is 52.3 Å². The van der Waals surface area contributed by atoms with Gasteiger partial charge in [-0.2, -0.15) is 0 Å². The Kier molecular flexibility index (Phi) is 4.88. The zero-order valence-corrected chi connectivity index (χ0v) is 15.4. The van der Waals surface area contributed by atoms with Gasteiger partial charge in [0.2, 0.25) is 0 Å². The molecule has 0 saturated heterocycles. The van der Waals surface area contributed by atoms with E-state index in [1.54, 1.807) is 18.2 Å². The second kappa shape index (κ2) is 6.94. The Morgan fingerprint density at radius 2 is 1.96 bits per heavy atom. The summed E-state index contributed by atoms with van der Waals surface area (Å²) in [4.78, 5) is 26.6. The molecule has 128 valence electrons. The molecule has 0 fully saturated rings. The standard InChI is InChI=1S/C20H18BrNO3/c1-2-22-18-11-9-15(21)12-17(18)20(25,19(22)24)13-16(23)10-8-14-6-4-3-5-7-14/h3-12,25H,2,13H2,1H3/b10-8+/t20-/m1/s1. The lowest BCUT2D eigenvalue weighted by molar-refractivity contribution is -0.140. The van der Waals surface area contributed by atoms with Crippen LogP contribution in [0.3, 0.4) is 0 Å². The molecular formula is C20H18BrNO3. The second-order valence-electron chi connectivity index (χ2n) is 5.96. The third-order valence-electron chi connectivity index (χ3n) is 4.30. The number of nitrogens with zero attached hydrogens (tertiary/aromatic N) is 1. The lowest BCUT2D eigenvalue weighted by atomic mass is 9.89. The van der Waals surface area contributed by atoms with E-state index in [0.29, 0.717) is 17.8 Å². The maximum Gasteiger partial charge on any atom is 0.264 e. The summed E-state index contributed by atoms with van der Waals surface area (Å²) in [6.45, 7) is 2.27. The highest BCUT2D eigenvalue weighted by molar-refractivity contribution is 9.10. The van der Waals surface area contributed by atoms with Crippen LogP contribution in [0.1, 0.15) is 24.5 Å². The minimum Gasteiger partial charge on any atom is -0.375 e. The van der Waals surface area contributed by atoms with Gasteiger partial charge in [-0.3, -0.25) is 9.59 Å². The fourth-order valence-corrected chi connectivity index (χ4v) is 3.43. The number of rotatable bonds is 5. The van der Waals surface area contributed by atoms with Crippen LogP contribution in [0.5, 0.6) is 0 Å². The molecule has 5 heteroatoms. The number of anilines is 1. The summed E-state index contributed by atoms with van der Waals surface area (Å²) in [7, 11) is 0. The number of benzene rings is 2. The van der Waals surface area contributed by atoms with E-state index in [-0.39, 0.29) is 12.2 Å². The lowest BCUT2D eigenvalue weighted by Gasteiger charge is -2.21. The van der Waals surface area contributed by atoms with Gasteiger partial charge < -0.3 is 10.0 Å². The van der Waals surface area contributed by atoms with Gasteiger partial charge >= 0.3 is 0 Å². The number of aliphatic hydroxyl groups is 1. The summed E-state index contributed by atoms with van der Waals surface area (Å²) in [5.74, 6) is -0.756. The van der Waals surface area contributed by atoms with Crippen LogP contribution in [0, 0.1) is 0 Å². The van der Waals surface area contributed by atoms with Crippen molar-refractivity contribution in [3.8, 4) is 0 Å². The normalized spacial score (nSPS) is 19.5. The molecule has 1 heterocycles. The van der Waals surface area contributed by atoms with Crippen LogP contribution < -0.4 is 4.90 Å². The van der Waals surface area contributed by atoms with Crippen LogP contribution in [0.25, 0.3) is 6.08 Å². The summed E-state index contributed by atoms with van der Waals surface area (Å²) in [5.41, 5.74) is 0.180. The van der Waals surface area contributed by atoms with Crippen LogP contribution in [0.15, 0.2) is 59.1 Å². The number of halogens is 1. The predicted octanol–water partition coefficient (Wildman–Crippen LogP) is 3.68. The van der Waals surface area contributed by atoms with E-state index in [4.69, 9.17) is 0 Å². The van der Waals surface area contributed by atoms with Gasteiger partial charge in [-0.15, -0.1) is 0 Å². The Hall–Kier alpha value is -2.24. The Morgan fingerprint density at radius 1 is 1.24 bits per heavy atom. The maximum atomic E-state index is 12.7. The Morgan fingerprint density at radius 3 is 2.64 bits per heavy atom. The Balaban J connectivity index is 1.88. The van der Waals surface area contributed by atoms with E-state index in [2.05, 4.69) is 15.9 Å². The fourth-order valence-electron chi connectivity index (χ4n) is 3.07. The zero-order chi connectivity index (χ0) is 18.0. The molecule has 0 radical (unpaired) electrons. The zero-order valence-electron chi connectivity index (χ0n) is 13.8. The largest absolute Gasteiger partial charge is 0.375 e. The summed E-state index contributed by atoms with van der Waals surface area (Å²) in [6, 6.07) is 14.7. The Labute approximate surface area is 154 Å². The number of allylic oxidation sites excluding steroid dienone is 1. The molecule has 2 aromatic carbocycles. The summed E-state index contributed by atoms with van der Waals surface area (Å²) >= 11 is 3.37. The third kappa shape index (κ3) is 3.30. The van der Waals surface area contributed by atoms with Crippen LogP contribution in [-0.4, -0.2) is 23.3 Å². The molecule has 3 rings (SSSR count).